The molecule has 0 bridgehead atoms. The predicted molar refractivity (Wildman–Crippen MR) is 151 cm³/mol. The van der Waals surface area contributed by atoms with Crippen LogP contribution in [0.1, 0.15) is 56.1 Å². The lowest BCUT2D eigenvalue weighted by Crippen LogP contribution is -2.72. The highest BCUT2D eigenvalue weighted by atomic mass is 16.5. The molecule has 3 saturated heterocycles. The van der Waals surface area contributed by atoms with Gasteiger partial charge in [-0.25, -0.2) is 0 Å². The third-order valence-corrected chi connectivity index (χ3v) is 10.5. The van der Waals surface area contributed by atoms with E-state index >= 15 is 0 Å². The van der Waals surface area contributed by atoms with Gasteiger partial charge in [0.1, 0.15) is 0 Å². The van der Waals surface area contributed by atoms with E-state index in [4.69, 9.17) is 4.74 Å². The highest BCUT2D eigenvalue weighted by Crippen LogP contribution is 2.51. The molecule has 1 aromatic carbocycles. The highest BCUT2D eigenvalue weighted by Gasteiger charge is 2.51. The Hall–Kier alpha value is -2.28. The van der Waals surface area contributed by atoms with Crippen LogP contribution < -0.4 is 10.6 Å². The number of aryl methyl sites for hydroxylation is 1. The van der Waals surface area contributed by atoms with Crippen molar-refractivity contribution >= 4 is 5.91 Å². The van der Waals surface area contributed by atoms with Crippen LogP contribution in [0.2, 0.25) is 0 Å². The van der Waals surface area contributed by atoms with Gasteiger partial charge in [-0.05, 0) is 81.2 Å². The number of nitrogens with zero attached hydrogens (tertiary/aromatic N) is 4. The maximum atomic E-state index is 12.5. The number of piperazine rings is 1. The lowest BCUT2D eigenvalue weighted by molar-refractivity contribution is -0.136. The molecule has 2 aliphatic carbocycles. The third kappa shape index (κ3) is 5.16. The molecule has 6 rings (SSSR count). The van der Waals surface area contributed by atoms with Gasteiger partial charge in [-0.2, -0.15) is 5.26 Å². The summed E-state index contributed by atoms with van der Waals surface area (Å²) in [5.74, 6) is 0.370. The number of likely N-dealkylation sites (tertiary alicyclic amines) is 1. The summed E-state index contributed by atoms with van der Waals surface area (Å²) in [5.41, 5.74) is 3.35. The van der Waals surface area contributed by atoms with Crippen LogP contribution in [0.15, 0.2) is 36.9 Å². The molecular weight excluding hydrogens is 488 g/mol. The van der Waals surface area contributed by atoms with E-state index in [0.717, 1.165) is 32.5 Å². The minimum atomic E-state index is -0.209. The zero-order valence-electron chi connectivity index (χ0n) is 23.4. The molecule has 2 N–H and O–H groups in total. The first-order chi connectivity index (χ1) is 19.0. The molecule has 4 fully saturated rings. The number of carbonyl (C=O) groups is 1. The maximum absolute atomic E-state index is 12.5. The Morgan fingerprint density at radius 1 is 1.21 bits per heavy atom. The van der Waals surface area contributed by atoms with Gasteiger partial charge in [-0.3, -0.25) is 20.3 Å². The summed E-state index contributed by atoms with van der Waals surface area (Å²) in [4.78, 5) is 19.3. The second-order valence-electron chi connectivity index (χ2n) is 12.5. The molecule has 1 amide bonds. The summed E-state index contributed by atoms with van der Waals surface area (Å²) in [6.45, 7) is 7.65. The first-order valence-electron chi connectivity index (χ1n) is 15.0. The van der Waals surface area contributed by atoms with Crippen molar-refractivity contribution in [2.75, 3.05) is 39.8 Å². The van der Waals surface area contributed by atoms with Crippen molar-refractivity contribution in [1.82, 2.24) is 25.3 Å². The van der Waals surface area contributed by atoms with Crippen LogP contribution >= 0.6 is 0 Å². The van der Waals surface area contributed by atoms with E-state index in [2.05, 4.69) is 64.4 Å². The second kappa shape index (κ2) is 11.3. The quantitative estimate of drug-likeness (QED) is 0.545. The molecular formula is C31H44N6O2. The van der Waals surface area contributed by atoms with Crippen LogP contribution in [0.3, 0.4) is 0 Å². The number of hydrogen-bond acceptors (Lipinski definition) is 7. The summed E-state index contributed by atoms with van der Waals surface area (Å²) in [7, 11) is 2.20. The number of carbonyl (C=O) groups excluding carboxylic acids is 1. The van der Waals surface area contributed by atoms with Crippen LogP contribution in [-0.4, -0.2) is 91.1 Å². The average molecular weight is 533 g/mol. The molecule has 8 heteroatoms. The number of fused-ring (bicyclic) bond motifs is 3. The molecule has 0 radical (unpaired) electrons. The van der Waals surface area contributed by atoms with Gasteiger partial charge in [0.2, 0.25) is 5.91 Å². The van der Waals surface area contributed by atoms with Crippen LogP contribution in [-0.2, 0) is 21.4 Å². The van der Waals surface area contributed by atoms with E-state index < -0.39 is 0 Å². The van der Waals surface area contributed by atoms with Crippen LogP contribution in [0.4, 0.5) is 0 Å². The molecule has 7 atom stereocenters. The Kier molecular flexibility index (Phi) is 7.80. The van der Waals surface area contributed by atoms with Gasteiger partial charge in [-0.15, -0.1) is 0 Å². The van der Waals surface area contributed by atoms with Gasteiger partial charge in [-0.1, -0.05) is 30.8 Å². The number of amides is 1. The summed E-state index contributed by atoms with van der Waals surface area (Å²) < 4.78 is 6.56. The fourth-order valence-corrected chi connectivity index (χ4v) is 8.33. The van der Waals surface area contributed by atoms with Crippen molar-refractivity contribution in [3.05, 3.63) is 48.0 Å². The van der Waals surface area contributed by atoms with Crippen molar-refractivity contribution < 1.29 is 9.53 Å². The van der Waals surface area contributed by atoms with E-state index in [1.807, 2.05) is 4.90 Å². The number of nitriles is 1. The molecule has 39 heavy (non-hydrogen) atoms. The molecule has 3 heterocycles. The summed E-state index contributed by atoms with van der Waals surface area (Å²) in [6.07, 6.45) is 9.98. The molecule has 210 valence electrons. The Morgan fingerprint density at radius 3 is 2.87 bits per heavy atom. The molecule has 1 saturated carbocycles. The first-order valence-corrected chi connectivity index (χ1v) is 15.0. The van der Waals surface area contributed by atoms with E-state index in [9.17, 15) is 10.1 Å². The van der Waals surface area contributed by atoms with Gasteiger partial charge in [0.05, 0.1) is 31.3 Å². The van der Waals surface area contributed by atoms with Gasteiger partial charge < -0.3 is 14.5 Å². The van der Waals surface area contributed by atoms with Crippen molar-refractivity contribution in [3.8, 4) is 6.07 Å². The predicted octanol–water partition coefficient (Wildman–Crippen LogP) is 2.57. The van der Waals surface area contributed by atoms with E-state index in [0.29, 0.717) is 37.5 Å². The van der Waals surface area contributed by atoms with Gasteiger partial charge in [0.25, 0.3) is 0 Å². The first kappa shape index (κ1) is 26.9. The molecule has 0 aromatic heterocycles. The minimum absolute atomic E-state index is 0.0764. The van der Waals surface area contributed by atoms with Gasteiger partial charge in [0, 0.05) is 37.6 Å². The van der Waals surface area contributed by atoms with Crippen LogP contribution in [0.5, 0.6) is 0 Å². The molecule has 3 aliphatic heterocycles. The number of benzene rings is 1. The Bertz CT molecular complexity index is 1100. The van der Waals surface area contributed by atoms with Crippen molar-refractivity contribution in [2.45, 2.75) is 87.4 Å². The molecule has 5 aliphatic rings. The Labute approximate surface area is 233 Å². The molecule has 1 spiro atoms. The number of likely N-dealkylation sites (N-methyl/N-ethyl adjacent to an activating group) is 1. The molecule has 8 nitrogen and oxygen atoms in total. The van der Waals surface area contributed by atoms with Gasteiger partial charge >= 0.3 is 0 Å². The third-order valence-electron chi connectivity index (χ3n) is 10.5. The standard InChI is InChI=1S/C31H44N6O2/c1-3-28(38)37-18-17-36(20-23(37)12-15-32)29-25-11-14-31(13-10-22-7-4-5-9-26(22)31)19-27(25)33-30(34-29)39-21-24-8-6-16-35(24)2/h3-5,7,9,23-25,27,29-30,33-34H,1,6,8,10-14,16-21H2,2H3/t23-,24-,25?,27?,29?,30?,31+/m0/s1. The Balaban J connectivity index is 1.22. The number of nitrogens with one attached hydrogen (secondary N) is 2. The maximum Gasteiger partial charge on any atom is 0.246 e. The lowest BCUT2D eigenvalue weighted by Gasteiger charge is -2.55. The zero-order valence-corrected chi connectivity index (χ0v) is 23.4. The fraction of sp³-hybridized carbons (Fsp3) is 0.677. The number of ether oxygens (including phenoxy) is 1. The lowest BCUT2D eigenvalue weighted by atomic mass is 9.64. The number of hydrogen-bond donors (Lipinski definition) is 2. The van der Waals surface area contributed by atoms with Crippen molar-refractivity contribution in [3.63, 3.8) is 0 Å². The minimum Gasteiger partial charge on any atom is -0.348 e. The number of rotatable bonds is 6. The fourth-order valence-electron chi connectivity index (χ4n) is 8.33. The second-order valence-corrected chi connectivity index (χ2v) is 12.5. The summed E-state index contributed by atoms with van der Waals surface area (Å²) in [6, 6.07) is 12.1. The topological polar surface area (TPSA) is 83.9 Å². The Morgan fingerprint density at radius 2 is 2.08 bits per heavy atom. The van der Waals surface area contributed by atoms with Gasteiger partial charge in [0.15, 0.2) is 6.35 Å². The van der Waals surface area contributed by atoms with Crippen LogP contribution in [0, 0.1) is 17.2 Å². The highest BCUT2D eigenvalue weighted by molar-refractivity contribution is 5.87. The van der Waals surface area contributed by atoms with E-state index in [1.165, 1.54) is 43.7 Å². The summed E-state index contributed by atoms with van der Waals surface area (Å²) in [5, 5.41) is 17.3. The van der Waals surface area contributed by atoms with Crippen LogP contribution in [0.25, 0.3) is 0 Å². The van der Waals surface area contributed by atoms with Crippen molar-refractivity contribution in [1.29, 1.82) is 5.26 Å². The summed E-state index contributed by atoms with van der Waals surface area (Å²) >= 11 is 0. The van der Waals surface area contributed by atoms with E-state index in [-0.39, 0.29) is 29.9 Å². The SMILES string of the molecule is C=CC(=O)N1CCN(C2NC(OC[C@@H]3CCCN3C)NC3C[C@@]4(CCc5ccccc54)CCC32)C[C@@H]1CC#N. The molecule has 4 unspecified atom stereocenters. The normalized spacial score (nSPS) is 36.9. The zero-order chi connectivity index (χ0) is 27.0. The average Bonchev–Trinajstić information content (AvgIpc) is 3.54. The largest absolute Gasteiger partial charge is 0.348 e. The van der Waals surface area contributed by atoms with E-state index in [1.54, 1.807) is 5.56 Å². The van der Waals surface area contributed by atoms with Crippen molar-refractivity contribution in [2.24, 2.45) is 5.92 Å². The smallest absolute Gasteiger partial charge is 0.246 e. The monoisotopic (exact) mass is 532 g/mol. The molecule has 1 aromatic rings.